The topological polar surface area (TPSA) is 55.8 Å². The van der Waals surface area contributed by atoms with Crippen molar-refractivity contribution < 1.29 is 19.1 Å². The lowest BCUT2D eigenvalue weighted by Gasteiger charge is -2.52. The van der Waals surface area contributed by atoms with Gasteiger partial charge in [-0.25, -0.2) is 4.79 Å². The minimum Gasteiger partial charge on any atom is -0.465 e. The van der Waals surface area contributed by atoms with E-state index in [9.17, 15) is 9.59 Å². The number of likely N-dealkylation sites (tertiary alicyclic amines) is 1. The Bertz CT molecular complexity index is 455. The molecular weight excluding hydrogens is 246 g/mol. The number of amides is 1. The van der Waals surface area contributed by atoms with Gasteiger partial charge in [-0.15, -0.1) is 0 Å². The Balaban J connectivity index is 1.77. The van der Waals surface area contributed by atoms with Crippen LogP contribution >= 0.6 is 0 Å². The third kappa shape index (κ3) is 1.60. The van der Waals surface area contributed by atoms with Crippen molar-refractivity contribution in [3.63, 3.8) is 0 Å². The van der Waals surface area contributed by atoms with Gasteiger partial charge in [0, 0.05) is 18.5 Å². The van der Waals surface area contributed by atoms with Crippen LogP contribution in [-0.2, 0) is 14.3 Å². The predicted molar refractivity (Wildman–Crippen MR) is 67.4 cm³/mol. The zero-order valence-electron chi connectivity index (χ0n) is 12.0. The molecule has 3 aliphatic rings. The molecule has 2 saturated heterocycles. The molecule has 0 aromatic heterocycles. The van der Waals surface area contributed by atoms with Crippen molar-refractivity contribution in [1.82, 2.24) is 4.90 Å². The Hall–Kier alpha value is -1.26. The van der Waals surface area contributed by atoms with Crippen LogP contribution in [0.25, 0.3) is 0 Å². The maximum atomic E-state index is 12.2. The molecule has 3 fully saturated rings. The second-order valence-corrected chi connectivity index (χ2v) is 7.42. The molecule has 0 aromatic carbocycles. The number of esters is 1. The molecule has 0 aromatic rings. The second-order valence-electron chi connectivity index (χ2n) is 7.42. The summed E-state index contributed by atoms with van der Waals surface area (Å²) in [4.78, 5) is 25.6. The summed E-state index contributed by atoms with van der Waals surface area (Å²) in [7, 11) is 0. The van der Waals surface area contributed by atoms with Crippen LogP contribution in [0.4, 0.5) is 4.79 Å². The van der Waals surface area contributed by atoms with Gasteiger partial charge < -0.3 is 14.4 Å². The van der Waals surface area contributed by atoms with Crippen LogP contribution in [0.15, 0.2) is 0 Å². The maximum absolute atomic E-state index is 12.2. The third-order valence-electron chi connectivity index (χ3n) is 4.94. The highest BCUT2D eigenvalue weighted by atomic mass is 16.6. The molecule has 3 unspecified atom stereocenters. The maximum Gasteiger partial charge on any atom is 0.410 e. The average Bonchev–Trinajstić information content (AvgIpc) is 2.62. The van der Waals surface area contributed by atoms with Gasteiger partial charge in [-0.3, -0.25) is 4.79 Å². The van der Waals surface area contributed by atoms with Crippen LogP contribution in [0.3, 0.4) is 0 Å². The lowest BCUT2D eigenvalue weighted by Crippen LogP contribution is -2.56. The normalized spacial score (nSPS) is 40.3. The molecule has 5 nitrogen and oxygen atoms in total. The van der Waals surface area contributed by atoms with Crippen LogP contribution in [0.2, 0.25) is 0 Å². The first-order valence-electron chi connectivity index (χ1n) is 6.82. The van der Waals surface area contributed by atoms with E-state index in [-0.39, 0.29) is 28.8 Å². The molecule has 0 bridgehead atoms. The molecule has 2 aliphatic heterocycles. The van der Waals surface area contributed by atoms with E-state index in [1.165, 1.54) is 0 Å². The third-order valence-corrected chi connectivity index (χ3v) is 4.94. The van der Waals surface area contributed by atoms with Gasteiger partial charge in [0.25, 0.3) is 0 Å². The van der Waals surface area contributed by atoms with E-state index in [1.807, 2.05) is 20.8 Å². The summed E-state index contributed by atoms with van der Waals surface area (Å²) >= 11 is 0. The molecule has 3 rings (SSSR count). The van der Waals surface area contributed by atoms with E-state index in [0.29, 0.717) is 19.7 Å². The average molecular weight is 267 g/mol. The first-order chi connectivity index (χ1) is 8.67. The molecule has 0 radical (unpaired) electrons. The number of hydrogen-bond donors (Lipinski definition) is 0. The quantitative estimate of drug-likeness (QED) is 0.628. The fourth-order valence-corrected chi connectivity index (χ4v) is 3.86. The number of carbonyl (C=O) groups is 2. The summed E-state index contributed by atoms with van der Waals surface area (Å²) < 4.78 is 10.6. The van der Waals surface area contributed by atoms with Crippen LogP contribution in [-0.4, -0.2) is 42.3 Å². The van der Waals surface area contributed by atoms with E-state index in [4.69, 9.17) is 9.47 Å². The van der Waals surface area contributed by atoms with Gasteiger partial charge in [-0.05, 0) is 32.6 Å². The number of ether oxygens (including phenoxy) is 2. The Morgan fingerprint density at radius 2 is 2.11 bits per heavy atom. The number of hydrogen-bond acceptors (Lipinski definition) is 4. The zero-order chi connectivity index (χ0) is 14.1. The molecule has 1 amide bonds. The zero-order valence-corrected chi connectivity index (χ0v) is 12.0. The Labute approximate surface area is 113 Å². The summed E-state index contributed by atoms with van der Waals surface area (Å²) in [6.07, 6.45) is 0.543. The molecule has 3 atom stereocenters. The van der Waals surface area contributed by atoms with Gasteiger partial charge in [-0.2, -0.15) is 0 Å². The number of rotatable bonds is 0. The summed E-state index contributed by atoms with van der Waals surface area (Å²) in [5.41, 5.74) is -0.652. The van der Waals surface area contributed by atoms with Crippen molar-refractivity contribution in [3.8, 4) is 0 Å². The Morgan fingerprint density at radius 3 is 2.68 bits per heavy atom. The fourth-order valence-electron chi connectivity index (χ4n) is 3.86. The summed E-state index contributed by atoms with van der Waals surface area (Å²) in [5, 5.41) is 0. The lowest BCUT2D eigenvalue weighted by molar-refractivity contribution is -0.146. The molecule has 1 aliphatic carbocycles. The summed E-state index contributed by atoms with van der Waals surface area (Å²) in [6, 6.07) is 0. The van der Waals surface area contributed by atoms with Gasteiger partial charge >= 0.3 is 12.1 Å². The van der Waals surface area contributed by atoms with Crippen LogP contribution < -0.4 is 0 Å². The molecule has 106 valence electrons. The Kier molecular flexibility index (Phi) is 2.31. The first kappa shape index (κ1) is 12.8. The molecular formula is C14H21NO4. The highest BCUT2D eigenvalue weighted by Crippen LogP contribution is 2.67. The van der Waals surface area contributed by atoms with E-state index < -0.39 is 5.60 Å². The lowest BCUT2D eigenvalue weighted by atomic mass is 9.47. The smallest absolute Gasteiger partial charge is 0.410 e. The van der Waals surface area contributed by atoms with Gasteiger partial charge in [0.2, 0.25) is 0 Å². The van der Waals surface area contributed by atoms with Gasteiger partial charge in [0.05, 0.1) is 5.92 Å². The van der Waals surface area contributed by atoms with Crippen LogP contribution in [0.1, 0.15) is 34.1 Å². The predicted octanol–water partition coefficient (Wildman–Crippen LogP) is 1.81. The minimum absolute atomic E-state index is 0.000725. The highest BCUT2D eigenvalue weighted by molar-refractivity contribution is 5.79. The van der Waals surface area contributed by atoms with Gasteiger partial charge in [0.1, 0.15) is 12.2 Å². The highest BCUT2D eigenvalue weighted by Gasteiger charge is 2.73. The Morgan fingerprint density at radius 1 is 1.42 bits per heavy atom. The van der Waals surface area contributed by atoms with Crippen LogP contribution in [0.5, 0.6) is 0 Å². The van der Waals surface area contributed by atoms with E-state index in [0.717, 1.165) is 6.42 Å². The number of nitrogens with zero attached hydrogens (tertiary/aromatic N) is 1. The minimum atomic E-state index is -0.487. The van der Waals surface area contributed by atoms with Gasteiger partial charge in [-0.1, -0.05) is 6.92 Å². The van der Waals surface area contributed by atoms with Crippen molar-refractivity contribution in [1.29, 1.82) is 0 Å². The molecule has 5 heteroatoms. The van der Waals surface area contributed by atoms with E-state index >= 15 is 0 Å². The van der Waals surface area contributed by atoms with E-state index in [2.05, 4.69) is 6.92 Å². The molecule has 2 heterocycles. The summed E-state index contributed by atoms with van der Waals surface area (Å²) in [5.74, 6) is -0.117. The largest absolute Gasteiger partial charge is 0.465 e. The number of carbonyl (C=O) groups excluding carboxylic acids is 2. The summed E-state index contributed by atoms with van der Waals surface area (Å²) in [6.45, 7) is 9.42. The van der Waals surface area contributed by atoms with Crippen molar-refractivity contribution in [2.75, 3.05) is 19.7 Å². The molecule has 19 heavy (non-hydrogen) atoms. The number of cyclic esters (lactones) is 1. The standard InChI is InChI=1S/C14H21NO4/c1-12(2,3)19-11(17)15-6-13(4)5-9-10(16)18-8-14(9,13)7-15/h9H,5-8H2,1-4H3. The van der Waals surface area contributed by atoms with E-state index in [1.54, 1.807) is 4.90 Å². The SMILES string of the molecule is CC(C)(C)OC(=O)N1CC2(C)CC3C(=O)OCC32C1. The van der Waals surface area contributed by atoms with Crippen molar-refractivity contribution >= 4 is 12.1 Å². The monoisotopic (exact) mass is 267 g/mol. The van der Waals surface area contributed by atoms with Gasteiger partial charge in [0.15, 0.2) is 0 Å². The first-order valence-corrected chi connectivity index (χ1v) is 6.82. The van der Waals surface area contributed by atoms with Crippen molar-refractivity contribution in [3.05, 3.63) is 0 Å². The molecule has 1 spiro atoms. The van der Waals surface area contributed by atoms with Crippen molar-refractivity contribution in [2.24, 2.45) is 16.7 Å². The second kappa shape index (κ2) is 3.44. The molecule has 0 N–H and O–H groups in total. The fraction of sp³-hybridized carbons (Fsp3) is 0.857. The van der Waals surface area contributed by atoms with Crippen LogP contribution in [0, 0.1) is 16.7 Å². The molecule has 1 saturated carbocycles. The van der Waals surface area contributed by atoms with Crippen molar-refractivity contribution in [2.45, 2.75) is 39.7 Å².